The zero-order valence-corrected chi connectivity index (χ0v) is 12.7. The maximum atomic E-state index is 11.8. The van der Waals surface area contributed by atoms with E-state index < -0.39 is 0 Å². The molecule has 0 aliphatic heterocycles. The molecule has 1 N–H and O–H groups in total. The molecule has 0 fully saturated rings. The summed E-state index contributed by atoms with van der Waals surface area (Å²) in [7, 11) is 1.50. The predicted molar refractivity (Wildman–Crippen MR) is 82.3 cm³/mol. The number of pyridine rings is 1. The van der Waals surface area contributed by atoms with Gasteiger partial charge in [0, 0.05) is 31.0 Å². The Labute approximate surface area is 123 Å². The van der Waals surface area contributed by atoms with Crippen LogP contribution in [0.2, 0.25) is 0 Å². The summed E-state index contributed by atoms with van der Waals surface area (Å²) in [5.74, 6) is 0.355. The molecule has 0 aliphatic carbocycles. The van der Waals surface area contributed by atoms with Crippen LogP contribution >= 0.6 is 11.3 Å². The van der Waals surface area contributed by atoms with Crippen molar-refractivity contribution in [3.63, 3.8) is 0 Å². The van der Waals surface area contributed by atoms with Crippen LogP contribution in [0.1, 0.15) is 24.6 Å². The molecule has 0 aromatic carbocycles. The number of ether oxygens (including phenoxy) is 1. The fraction of sp³-hybridized carbons (Fsp3) is 0.400. The molecule has 0 bridgehead atoms. The van der Waals surface area contributed by atoms with Crippen LogP contribution in [0.25, 0.3) is 0 Å². The molecule has 5 heteroatoms. The molecule has 2 rings (SSSR count). The summed E-state index contributed by atoms with van der Waals surface area (Å²) >= 11 is 1.71. The normalized spacial score (nSPS) is 10.9. The molecule has 0 saturated carbocycles. The second kappa shape index (κ2) is 7.26. The highest BCUT2D eigenvalue weighted by atomic mass is 32.1. The van der Waals surface area contributed by atoms with Gasteiger partial charge in [0.2, 0.25) is 5.43 Å². The van der Waals surface area contributed by atoms with Gasteiger partial charge in [-0.25, -0.2) is 0 Å². The Bertz CT molecular complexity index is 578. The lowest BCUT2D eigenvalue weighted by atomic mass is 10.2. The lowest BCUT2D eigenvalue weighted by Gasteiger charge is -2.21. The van der Waals surface area contributed by atoms with Gasteiger partial charge in [-0.2, -0.15) is 11.3 Å². The van der Waals surface area contributed by atoms with Crippen LogP contribution < -0.4 is 10.2 Å². The Balaban J connectivity index is 2.07. The van der Waals surface area contributed by atoms with E-state index in [9.17, 15) is 4.79 Å². The number of thiophene rings is 1. The molecule has 0 radical (unpaired) electrons. The van der Waals surface area contributed by atoms with E-state index in [2.05, 4.69) is 33.6 Å². The number of nitrogens with one attached hydrogen (secondary N) is 1. The third-order valence-corrected chi connectivity index (χ3v) is 3.81. The highest BCUT2D eigenvalue weighted by Gasteiger charge is 2.08. The summed E-state index contributed by atoms with van der Waals surface area (Å²) in [6, 6.07) is 3.76. The van der Waals surface area contributed by atoms with Crippen molar-refractivity contribution >= 4 is 11.3 Å². The first-order valence-electron chi connectivity index (χ1n) is 6.72. The van der Waals surface area contributed by atoms with Crippen molar-refractivity contribution in [1.29, 1.82) is 0 Å². The van der Waals surface area contributed by atoms with Crippen molar-refractivity contribution in [3.8, 4) is 5.75 Å². The zero-order chi connectivity index (χ0) is 14.4. The average molecular weight is 292 g/mol. The van der Waals surface area contributed by atoms with Crippen LogP contribution in [0.4, 0.5) is 0 Å². The Morgan fingerprint density at radius 1 is 1.40 bits per heavy atom. The monoisotopic (exact) mass is 292 g/mol. The molecule has 2 aromatic heterocycles. The lowest BCUT2D eigenvalue weighted by molar-refractivity contribution is 0.254. The van der Waals surface area contributed by atoms with Gasteiger partial charge in [0.15, 0.2) is 5.75 Å². The highest BCUT2D eigenvalue weighted by Crippen LogP contribution is 2.12. The first kappa shape index (κ1) is 14.8. The Kier molecular flexibility index (Phi) is 5.38. The van der Waals surface area contributed by atoms with E-state index in [0.29, 0.717) is 5.75 Å². The molecule has 2 heterocycles. The van der Waals surface area contributed by atoms with Gasteiger partial charge in [0.25, 0.3) is 0 Å². The lowest BCUT2D eigenvalue weighted by Crippen LogP contribution is -2.24. The van der Waals surface area contributed by atoms with Crippen LogP contribution in [0.5, 0.6) is 5.75 Å². The van der Waals surface area contributed by atoms with Crippen molar-refractivity contribution in [2.75, 3.05) is 13.7 Å². The maximum absolute atomic E-state index is 11.8. The van der Waals surface area contributed by atoms with Crippen LogP contribution in [-0.2, 0) is 13.1 Å². The van der Waals surface area contributed by atoms with E-state index in [-0.39, 0.29) is 5.43 Å². The molecule has 0 unspecified atom stereocenters. The second-order valence-electron chi connectivity index (χ2n) is 4.73. The molecule has 20 heavy (non-hydrogen) atoms. The minimum Gasteiger partial charge on any atom is -0.491 e. The fourth-order valence-corrected chi connectivity index (χ4v) is 2.82. The maximum Gasteiger partial charge on any atom is 0.223 e. The molecular formula is C15H20N2O2S. The molecule has 108 valence electrons. The number of nitrogens with zero attached hydrogens (tertiary/aromatic N) is 1. The quantitative estimate of drug-likeness (QED) is 0.853. The number of H-pyrrole nitrogens is 1. The molecule has 4 nitrogen and oxygen atoms in total. The average Bonchev–Trinajstić information content (AvgIpc) is 2.92. The van der Waals surface area contributed by atoms with Gasteiger partial charge in [-0.1, -0.05) is 6.92 Å². The van der Waals surface area contributed by atoms with Crippen molar-refractivity contribution in [1.82, 2.24) is 9.88 Å². The molecule has 2 aromatic rings. The van der Waals surface area contributed by atoms with Crippen molar-refractivity contribution in [3.05, 3.63) is 50.6 Å². The summed E-state index contributed by atoms with van der Waals surface area (Å²) in [6.45, 7) is 4.82. The number of aromatic amines is 1. The van der Waals surface area contributed by atoms with Crippen LogP contribution in [0.15, 0.2) is 33.9 Å². The molecule has 0 saturated heterocycles. The number of hydrogen-bond acceptors (Lipinski definition) is 4. The summed E-state index contributed by atoms with van der Waals surface area (Å²) < 4.78 is 4.98. The third-order valence-electron chi connectivity index (χ3n) is 3.08. The first-order chi connectivity index (χ1) is 9.72. The number of methoxy groups -OCH3 is 1. The van der Waals surface area contributed by atoms with Gasteiger partial charge < -0.3 is 9.72 Å². The van der Waals surface area contributed by atoms with Crippen molar-refractivity contribution in [2.45, 2.75) is 26.4 Å². The highest BCUT2D eigenvalue weighted by molar-refractivity contribution is 7.07. The topological polar surface area (TPSA) is 45.3 Å². The summed E-state index contributed by atoms with van der Waals surface area (Å²) in [4.78, 5) is 17.2. The zero-order valence-electron chi connectivity index (χ0n) is 11.9. The fourth-order valence-electron chi connectivity index (χ4n) is 2.16. The Morgan fingerprint density at radius 2 is 2.25 bits per heavy atom. The standard InChI is InChI=1S/C15H20N2O2S/c1-3-5-17(9-12-4-6-20-11-12)10-13-7-14(18)15(19-2)8-16-13/h4,6-8,11H,3,5,9-10H2,1-2H3,(H,16,18). The van der Waals surface area contributed by atoms with Gasteiger partial charge in [0.1, 0.15) is 0 Å². The third kappa shape index (κ3) is 3.95. The van der Waals surface area contributed by atoms with E-state index in [4.69, 9.17) is 4.74 Å². The van der Waals surface area contributed by atoms with Gasteiger partial charge in [-0.3, -0.25) is 9.69 Å². The van der Waals surface area contributed by atoms with E-state index in [0.717, 1.165) is 31.7 Å². The Hall–Kier alpha value is -1.59. The molecule has 0 atom stereocenters. The summed E-state index contributed by atoms with van der Waals surface area (Å²) in [6.07, 6.45) is 2.72. The predicted octanol–water partition coefficient (Wildman–Crippen LogP) is 2.86. The van der Waals surface area contributed by atoms with Gasteiger partial charge >= 0.3 is 0 Å². The molecular weight excluding hydrogens is 272 g/mol. The van der Waals surface area contributed by atoms with E-state index >= 15 is 0 Å². The van der Waals surface area contributed by atoms with Crippen molar-refractivity contribution < 1.29 is 4.74 Å². The minimum absolute atomic E-state index is 0.0757. The van der Waals surface area contributed by atoms with Crippen LogP contribution in [-0.4, -0.2) is 23.5 Å². The number of aromatic nitrogens is 1. The molecule has 0 amide bonds. The number of hydrogen-bond donors (Lipinski definition) is 1. The van der Waals surface area contributed by atoms with Gasteiger partial charge in [0.05, 0.1) is 7.11 Å². The van der Waals surface area contributed by atoms with Crippen LogP contribution in [0, 0.1) is 0 Å². The largest absolute Gasteiger partial charge is 0.491 e. The Morgan fingerprint density at radius 3 is 2.85 bits per heavy atom. The molecule has 0 spiro atoms. The molecule has 0 aliphatic rings. The summed E-state index contributed by atoms with van der Waals surface area (Å²) in [5, 5.41) is 4.26. The van der Waals surface area contributed by atoms with Crippen LogP contribution in [0.3, 0.4) is 0 Å². The van der Waals surface area contributed by atoms with E-state index in [1.165, 1.54) is 12.7 Å². The van der Waals surface area contributed by atoms with Gasteiger partial charge in [-0.05, 0) is 35.4 Å². The van der Waals surface area contributed by atoms with Crippen molar-refractivity contribution in [2.24, 2.45) is 0 Å². The van der Waals surface area contributed by atoms with E-state index in [1.807, 2.05) is 0 Å². The minimum atomic E-state index is -0.0757. The first-order valence-corrected chi connectivity index (χ1v) is 7.66. The van der Waals surface area contributed by atoms with E-state index in [1.54, 1.807) is 23.6 Å². The summed E-state index contributed by atoms with van der Waals surface area (Å²) in [5.41, 5.74) is 2.16. The smallest absolute Gasteiger partial charge is 0.223 e. The van der Waals surface area contributed by atoms with Gasteiger partial charge in [-0.15, -0.1) is 0 Å². The second-order valence-corrected chi connectivity index (χ2v) is 5.51. The number of rotatable bonds is 7. The SMILES string of the molecule is CCCN(Cc1ccsc1)Cc1cc(=O)c(OC)c[nH]1.